The molecule has 0 radical (unpaired) electrons. The molecule has 0 bridgehead atoms. The third-order valence-electron chi connectivity index (χ3n) is 2.70. The van der Waals surface area contributed by atoms with Gasteiger partial charge in [0.1, 0.15) is 0 Å². The van der Waals surface area contributed by atoms with E-state index in [0.717, 1.165) is 12.8 Å². The Morgan fingerprint density at radius 1 is 1.28 bits per heavy atom. The van der Waals surface area contributed by atoms with Crippen LogP contribution in [0.2, 0.25) is 0 Å². The molecule has 4 N–H and O–H groups in total. The van der Waals surface area contributed by atoms with Crippen molar-refractivity contribution in [2.75, 3.05) is 11.1 Å². The number of hydrogen-bond acceptors (Lipinski definition) is 2. The molecule has 0 spiro atoms. The van der Waals surface area contributed by atoms with Crippen LogP contribution in [0.15, 0.2) is 24.3 Å². The number of amides is 2. The van der Waals surface area contributed by atoms with Gasteiger partial charge in [-0.1, -0.05) is 19.9 Å². The summed E-state index contributed by atoms with van der Waals surface area (Å²) in [6, 6.07) is 7.14. The molecular weight excluding hydrogens is 226 g/mol. The maximum absolute atomic E-state index is 11.7. The van der Waals surface area contributed by atoms with Crippen molar-refractivity contribution in [3.8, 4) is 0 Å². The summed E-state index contributed by atoms with van der Waals surface area (Å²) in [5.41, 5.74) is 7.00. The number of nitrogens with two attached hydrogens (primary N) is 1. The van der Waals surface area contributed by atoms with Crippen molar-refractivity contribution in [2.24, 2.45) is 5.92 Å². The topological polar surface area (TPSA) is 67.2 Å². The summed E-state index contributed by atoms with van der Waals surface area (Å²) < 4.78 is 0. The quantitative estimate of drug-likeness (QED) is 0.701. The van der Waals surface area contributed by atoms with E-state index in [2.05, 4.69) is 24.5 Å². The van der Waals surface area contributed by atoms with Gasteiger partial charge < -0.3 is 16.4 Å². The summed E-state index contributed by atoms with van der Waals surface area (Å²) in [7, 11) is 0. The van der Waals surface area contributed by atoms with Crippen molar-refractivity contribution in [3.05, 3.63) is 24.3 Å². The van der Waals surface area contributed by atoms with Crippen LogP contribution in [0, 0.1) is 5.92 Å². The fourth-order valence-electron chi connectivity index (χ4n) is 1.66. The van der Waals surface area contributed by atoms with E-state index in [1.165, 1.54) is 0 Å². The zero-order chi connectivity index (χ0) is 13.5. The molecule has 100 valence electrons. The molecule has 1 aromatic carbocycles. The highest BCUT2D eigenvalue weighted by molar-refractivity contribution is 5.89. The minimum Gasteiger partial charge on any atom is -0.399 e. The van der Waals surface area contributed by atoms with E-state index >= 15 is 0 Å². The van der Waals surface area contributed by atoms with Gasteiger partial charge in [0.05, 0.1) is 0 Å². The van der Waals surface area contributed by atoms with E-state index in [4.69, 9.17) is 5.73 Å². The number of rotatable bonds is 5. The van der Waals surface area contributed by atoms with Gasteiger partial charge in [-0.05, 0) is 43.9 Å². The maximum atomic E-state index is 11.7. The Bertz CT molecular complexity index is 390. The molecule has 0 aromatic heterocycles. The second kappa shape index (κ2) is 6.89. The molecule has 1 aromatic rings. The molecule has 0 saturated carbocycles. The summed E-state index contributed by atoms with van der Waals surface area (Å²) in [6.07, 6.45) is 2.10. The molecule has 0 aliphatic heterocycles. The average Bonchev–Trinajstić information content (AvgIpc) is 2.26. The maximum Gasteiger partial charge on any atom is 0.319 e. The van der Waals surface area contributed by atoms with E-state index in [0.29, 0.717) is 17.3 Å². The van der Waals surface area contributed by atoms with Gasteiger partial charge in [0.15, 0.2) is 0 Å². The van der Waals surface area contributed by atoms with Crippen molar-refractivity contribution in [2.45, 2.75) is 39.7 Å². The van der Waals surface area contributed by atoms with Crippen molar-refractivity contribution in [1.29, 1.82) is 0 Å². The summed E-state index contributed by atoms with van der Waals surface area (Å²) in [4.78, 5) is 11.7. The lowest BCUT2D eigenvalue weighted by Gasteiger charge is -2.15. The normalized spacial score (nSPS) is 12.2. The second-order valence-corrected chi connectivity index (χ2v) is 5.10. The molecule has 1 unspecified atom stereocenters. The standard InChI is InChI=1S/C14H23N3O/c1-10(2)7-8-11(3)16-14(18)17-13-6-4-5-12(15)9-13/h4-6,9-11H,7-8,15H2,1-3H3,(H2,16,17,18). The highest BCUT2D eigenvalue weighted by Gasteiger charge is 2.08. The Balaban J connectivity index is 2.37. The van der Waals surface area contributed by atoms with E-state index in [1.807, 2.05) is 19.1 Å². The number of benzene rings is 1. The van der Waals surface area contributed by atoms with E-state index in [-0.39, 0.29) is 12.1 Å². The van der Waals surface area contributed by atoms with Gasteiger partial charge in [-0.2, -0.15) is 0 Å². The minimum atomic E-state index is -0.183. The predicted molar refractivity (Wildman–Crippen MR) is 76.5 cm³/mol. The number of hydrogen-bond donors (Lipinski definition) is 3. The monoisotopic (exact) mass is 249 g/mol. The van der Waals surface area contributed by atoms with Gasteiger partial charge in [0.2, 0.25) is 0 Å². The lowest BCUT2D eigenvalue weighted by molar-refractivity contribution is 0.248. The molecule has 0 aliphatic carbocycles. The minimum absolute atomic E-state index is 0.174. The van der Waals surface area contributed by atoms with Crippen molar-refractivity contribution < 1.29 is 4.79 Å². The summed E-state index contributed by atoms with van der Waals surface area (Å²) in [5, 5.41) is 5.68. The SMILES string of the molecule is CC(C)CCC(C)NC(=O)Nc1cccc(N)c1. The average molecular weight is 249 g/mol. The zero-order valence-corrected chi connectivity index (χ0v) is 11.4. The molecule has 2 amide bonds. The zero-order valence-electron chi connectivity index (χ0n) is 11.4. The van der Waals surface area contributed by atoms with E-state index in [1.54, 1.807) is 12.1 Å². The Kier molecular flexibility index (Phi) is 5.49. The molecule has 0 aliphatic rings. The molecule has 1 atom stereocenters. The first kappa shape index (κ1) is 14.4. The van der Waals surface area contributed by atoms with Gasteiger partial charge >= 0.3 is 6.03 Å². The van der Waals surface area contributed by atoms with Crippen molar-refractivity contribution in [1.82, 2.24) is 5.32 Å². The van der Waals surface area contributed by atoms with Gasteiger partial charge in [-0.3, -0.25) is 0 Å². The first-order valence-corrected chi connectivity index (χ1v) is 6.40. The molecule has 18 heavy (non-hydrogen) atoms. The van der Waals surface area contributed by atoms with Gasteiger partial charge in [-0.25, -0.2) is 4.79 Å². The number of nitrogens with one attached hydrogen (secondary N) is 2. The largest absolute Gasteiger partial charge is 0.399 e. The van der Waals surface area contributed by atoms with Gasteiger partial charge in [0.25, 0.3) is 0 Å². The first-order chi connectivity index (χ1) is 8.47. The molecule has 4 nitrogen and oxygen atoms in total. The lowest BCUT2D eigenvalue weighted by Crippen LogP contribution is -2.36. The van der Waals surface area contributed by atoms with Crippen LogP contribution < -0.4 is 16.4 Å². The first-order valence-electron chi connectivity index (χ1n) is 6.40. The summed E-state index contributed by atoms with van der Waals surface area (Å²) >= 11 is 0. The second-order valence-electron chi connectivity index (χ2n) is 5.10. The molecule has 1 rings (SSSR count). The van der Waals surface area contributed by atoms with Crippen LogP contribution in [-0.2, 0) is 0 Å². The fourth-order valence-corrected chi connectivity index (χ4v) is 1.66. The Hall–Kier alpha value is -1.71. The predicted octanol–water partition coefficient (Wildman–Crippen LogP) is 3.22. The number of anilines is 2. The molecule has 0 fully saturated rings. The van der Waals surface area contributed by atoms with Gasteiger partial charge in [-0.15, -0.1) is 0 Å². The van der Waals surface area contributed by atoms with Crippen LogP contribution in [0.4, 0.5) is 16.2 Å². The molecule has 4 heteroatoms. The lowest BCUT2D eigenvalue weighted by atomic mass is 10.0. The summed E-state index contributed by atoms with van der Waals surface area (Å²) in [6.45, 7) is 6.38. The van der Waals surface area contributed by atoms with Crippen LogP contribution in [0.3, 0.4) is 0 Å². The number of nitrogen functional groups attached to an aromatic ring is 1. The van der Waals surface area contributed by atoms with Crippen LogP contribution in [0.5, 0.6) is 0 Å². The molecule has 0 saturated heterocycles. The highest BCUT2D eigenvalue weighted by Crippen LogP contribution is 2.12. The Morgan fingerprint density at radius 2 is 2.00 bits per heavy atom. The van der Waals surface area contributed by atoms with Crippen molar-refractivity contribution >= 4 is 17.4 Å². The van der Waals surface area contributed by atoms with Crippen LogP contribution in [0.1, 0.15) is 33.6 Å². The van der Waals surface area contributed by atoms with E-state index in [9.17, 15) is 4.79 Å². The highest BCUT2D eigenvalue weighted by atomic mass is 16.2. The molecular formula is C14H23N3O. The third kappa shape index (κ3) is 5.57. The van der Waals surface area contributed by atoms with Crippen molar-refractivity contribution in [3.63, 3.8) is 0 Å². The Labute approximate surface area is 109 Å². The fraction of sp³-hybridized carbons (Fsp3) is 0.500. The number of carbonyl (C=O) groups excluding carboxylic acids is 1. The number of carbonyl (C=O) groups is 1. The van der Waals surface area contributed by atoms with Gasteiger partial charge in [0, 0.05) is 17.4 Å². The van der Waals surface area contributed by atoms with Crippen LogP contribution >= 0.6 is 0 Å². The van der Waals surface area contributed by atoms with E-state index < -0.39 is 0 Å². The summed E-state index contributed by atoms with van der Waals surface area (Å²) in [5.74, 6) is 0.659. The molecule has 0 heterocycles. The van der Waals surface area contributed by atoms with Crippen LogP contribution in [0.25, 0.3) is 0 Å². The number of urea groups is 1. The van der Waals surface area contributed by atoms with Crippen LogP contribution in [-0.4, -0.2) is 12.1 Å². The Morgan fingerprint density at radius 3 is 2.61 bits per heavy atom. The smallest absolute Gasteiger partial charge is 0.319 e. The third-order valence-corrected chi connectivity index (χ3v) is 2.70.